The van der Waals surface area contributed by atoms with Crippen molar-refractivity contribution in [2.75, 3.05) is 6.54 Å². The molecule has 9 nitrogen and oxygen atoms in total. The van der Waals surface area contributed by atoms with Gasteiger partial charge in [0.15, 0.2) is 6.10 Å². The van der Waals surface area contributed by atoms with E-state index in [0.717, 1.165) is 17.7 Å². The summed E-state index contributed by atoms with van der Waals surface area (Å²) in [4.78, 5) is 61.8. The molecular formula is C20H23N3O6. The third-order valence-corrected chi connectivity index (χ3v) is 5.23. The second-order valence-corrected chi connectivity index (χ2v) is 7.20. The van der Waals surface area contributed by atoms with Crippen molar-refractivity contribution in [2.45, 2.75) is 38.7 Å². The Balaban J connectivity index is 1.47. The SMILES string of the molecule is C[C@H](OC(=O)CN1C(=O)[C@H]2CCCC[C@@H]2C1=O)C(=O)NNC(=O)c1ccccc1. The monoisotopic (exact) mass is 401 g/mol. The molecule has 3 atom stereocenters. The highest BCUT2D eigenvalue weighted by Crippen LogP contribution is 2.37. The molecule has 2 N–H and O–H groups in total. The fourth-order valence-corrected chi connectivity index (χ4v) is 3.69. The van der Waals surface area contributed by atoms with Crippen molar-refractivity contribution < 1.29 is 28.7 Å². The maximum absolute atomic E-state index is 12.4. The first-order valence-electron chi connectivity index (χ1n) is 9.58. The highest BCUT2D eigenvalue weighted by molar-refractivity contribution is 6.07. The molecule has 0 unspecified atom stereocenters. The Morgan fingerprint density at radius 1 is 1.03 bits per heavy atom. The van der Waals surface area contributed by atoms with Crippen molar-refractivity contribution in [2.24, 2.45) is 11.8 Å². The van der Waals surface area contributed by atoms with Crippen molar-refractivity contribution in [1.29, 1.82) is 0 Å². The average Bonchev–Trinajstić information content (AvgIpc) is 2.97. The van der Waals surface area contributed by atoms with Crippen LogP contribution in [0, 0.1) is 11.8 Å². The lowest BCUT2D eigenvalue weighted by Crippen LogP contribution is -2.47. The highest BCUT2D eigenvalue weighted by Gasteiger charge is 2.48. The second kappa shape index (κ2) is 8.85. The topological polar surface area (TPSA) is 122 Å². The van der Waals surface area contributed by atoms with E-state index in [-0.39, 0.29) is 23.7 Å². The van der Waals surface area contributed by atoms with E-state index in [2.05, 4.69) is 10.9 Å². The minimum atomic E-state index is -1.21. The van der Waals surface area contributed by atoms with Crippen molar-refractivity contribution in [3.8, 4) is 0 Å². The van der Waals surface area contributed by atoms with Gasteiger partial charge >= 0.3 is 5.97 Å². The third kappa shape index (κ3) is 4.61. The molecule has 2 fully saturated rings. The molecule has 1 aromatic rings. The number of hydrogen-bond donors (Lipinski definition) is 2. The molecule has 1 aliphatic carbocycles. The van der Waals surface area contributed by atoms with E-state index in [1.807, 2.05) is 0 Å². The Labute approximate surface area is 167 Å². The van der Waals surface area contributed by atoms with Crippen molar-refractivity contribution in [3.05, 3.63) is 35.9 Å². The second-order valence-electron chi connectivity index (χ2n) is 7.20. The molecule has 2 aliphatic rings. The van der Waals surface area contributed by atoms with Gasteiger partial charge in [-0.05, 0) is 31.9 Å². The smallest absolute Gasteiger partial charge is 0.326 e. The molecule has 0 aromatic heterocycles. The zero-order chi connectivity index (χ0) is 21.0. The van der Waals surface area contributed by atoms with Crippen LogP contribution in [0.2, 0.25) is 0 Å². The van der Waals surface area contributed by atoms with Crippen LogP contribution in [0.5, 0.6) is 0 Å². The number of esters is 1. The summed E-state index contributed by atoms with van der Waals surface area (Å²) < 4.78 is 5.01. The molecule has 3 rings (SSSR count). The number of imide groups is 1. The van der Waals surface area contributed by atoms with E-state index in [9.17, 15) is 24.0 Å². The molecule has 29 heavy (non-hydrogen) atoms. The van der Waals surface area contributed by atoms with Crippen molar-refractivity contribution in [3.63, 3.8) is 0 Å². The van der Waals surface area contributed by atoms with E-state index in [1.165, 1.54) is 6.92 Å². The average molecular weight is 401 g/mol. The predicted octanol–water partition coefficient (Wildman–Crippen LogP) is 0.555. The van der Waals surface area contributed by atoms with E-state index < -0.39 is 30.4 Å². The normalized spacial score (nSPS) is 21.9. The molecule has 1 aliphatic heterocycles. The first-order chi connectivity index (χ1) is 13.9. The number of likely N-dealkylation sites (tertiary alicyclic amines) is 1. The summed E-state index contributed by atoms with van der Waals surface area (Å²) >= 11 is 0. The van der Waals surface area contributed by atoms with Gasteiger partial charge in [-0.15, -0.1) is 0 Å². The van der Waals surface area contributed by atoms with Gasteiger partial charge in [-0.3, -0.25) is 39.7 Å². The maximum atomic E-state index is 12.4. The number of fused-ring (bicyclic) bond motifs is 1. The number of nitrogens with zero attached hydrogens (tertiary/aromatic N) is 1. The lowest BCUT2D eigenvalue weighted by Gasteiger charge is -2.19. The lowest BCUT2D eigenvalue weighted by atomic mass is 9.81. The minimum Gasteiger partial charge on any atom is -0.451 e. The van der Waals surface area contributed by atoms with E-state index >= 15 is 0 Å². The Morgan fingerprint density at radius 3 is 2.21 bits per heavy atom. The molecular weight excluding hydrogens is 378 g/mol. The van der Waals surface area contributed by atoms with Gasteiger partial charge in [-0.1, -0.05) is 31.0 Å². The number of benzene rings is 1. The van der Waals surface area contributed by atoms with Crippen LogP contribution in [0.1, 0.15) is 43.0 Å². The molecule has 1 heterocycles. The highest BCUT2D eigenvalue weighted by atomic mass is 16.5. The number of nitrogens with one attached hydrogen (secondary N) is 2. The molecule has 1 saturated heterocycles. The molecule has 1 aromatic carbocycles. The quantitative estimate of drug-likeness (QED) is 0.422. The van der Waals surface area contributed by atoms with Crippen LogP contribution in [-0.2, 0) is 23.9 Å². The Hall–Kier alpha value is -3.23. The van der Waals surface area contributed by atoms with Crippen LogP contribution in [0.3, 0.4) is 0 Å². The minimum absolute atomic E-state index is 0.344. The van der Waals surface area contributed by atoms with Gasteiger partial charge in [0.05, 0.1) is 11.8 Å². The van der Waals surface area contributed by atoms with Crippen LogP contribution in [0.25, 0.3) is 0 Å². The molecule has 0 spiro atoms. The fraction of sp³-hybridized carbons (Fsp3) is 0.450. The Bertz CT molecular complexity index is 801. The standard InChI is InChI=1S/C20H23N3O6/c1-12(17(25)21-22-18(26)13-7-3-2-4-8-13)29-16(24)11-23-19(27)14-9-5-6-10-15(14)20(23)28/h2-4,7-8,12,14-15H,5-6,9-11H2,1H3,(H,21,25)(H,22,26)/t12-,14-,15-/m0/s1. The zero-order valence-electron chi connectivity index (χ0n) is 16.1. The molecule has 1 saturated carbocycles. The summed E-state index contributed by atoms with van der Waals surface area (Å²) in [6.07, 6.45) is 1.88. The van der Waals surface area contributed by atoms with E-state index in [1.54, 1.807) is 30.3 Å². The number of rotatable bonds is 5. The molecule has 0 bridgehead atoms. The van der Waals surface area contributed by atoms with Gasteiger partial charge in [-0.2, -0.15) is 0 Å². The van der Waals surface area contributed by atoms with Crippen LogP contribution in [0.15, 0.2) is 30.3 Å². The van der Waals surface area contributed by atoms with Gasteiger partial charge in [0.2, 0.25) is 11.8 Å². The molecule has 0 radical (unpaired) electrons. The van der Waals surface area contributed by atoms with Crippen LogP contribution in [0.4, 0.5) is 0 Å². The number of ether oxygens (including phenoxy) is 1. The third-order valence-electron chi connectivity index (χ3n) is 5.23. The molecule has 154 valence electrons. The fourth-order valence-electron chi connectivity index (χ4n) is 3.69. The number of hydrogen-bond acceptors (Lipinski definition) is 6. The zero-order valence-corrected chi connectivity index (χ0v) is 16.1. The van der Waals surface area contributed by atoms with Crippen LogP contribution >= 0.6 is 0 Å². The first kappa shape index (κ1) is 20.5. The lowest BCUT2D eigenvalue weighted by molar-refractivity contribution is -0.159. The van der Waals surface area contributed by atoms with E-state index in [0.29, 0.717) is 18.4 Å². The predicted molar refractivity (Wildman–Crippen MR) is 99.8 cm³/mol. The van der Waals surface area contributed by atoms with Gasteiger partial charge < -0.3 is 4.74 Å². The number of amides is 4. The maximum Gasteiger partial charge on any atom is 0.326 e. The largest absolute Gasteiger partial charge is 0.451 e. The first-order valence-corrected chi connectivity index (χ1v) is 9.58. The summed E-state index contributed by atoms with van der Waals surface area (Å²) in [5.74, 6) is -3.50. The number of carbonyl (C=O) groups is 5. The van der Waals surface area contributed by atoms with Gasteiger partial charge in [-0.25, -0.2) is 0 Å². The summed E-state index contributed by atoms with van der Waals surface area (Å²) in [5, 5.41) is 0. The Kier molecular flexibility index (Phi) is 6.26. The van der Waals surface area contributed by atoms with Crippen LogP contribution in [-0.4, -0.2) is 47.1 Å². The van der Waals surface area contributed by atoms with Gasteiger partial charge in [0, 0.05) is 5.56 Å². The van der Waals surface area contributed by atoms with Crippen LogP contribution < -0.4 is 10.9 Å². The summed E-state index contributed by atoms with van der Waals surface area (Å²) in [7, 11) is 0. The van der Waals surface area contributed by atoms with E-state index in [4.69, 9.17) is 4.74 Å². The van der Waals surface area contributed by atoms with Gasteiger partial charge in [0.1, 0.15) is 6.54 Å². The Morgan fingerprint density at radius 2 is 1.62 bits per heavy atom. The van der Waals surface area contributed by atoms with Crippen molar-refractivity contribution in [1.82, 2.24) is 15.8 Å². The summed E-state index contributed by atoms with van der Waals surface area (Å²) in [6, 6.07) is 8.26. The summed E-state index contributed by atoms with van der Waals surface area (Å²) in [6.45, 7) is 0.813. The van der Waals surface area contributed by atoms with Crippen molar-refractivity contribution >= 4 is 29.6 Å². The molecule has 4 amide bonds. The van der Waals surface area contributed by atoms with Gasteiger partial charge in [0.25, 0.3) is 11.8 Å². The molecule has 9 heteroatoms. The summed E-state index contributed by atoms with van der Waals surface area (Å²) in [5.41, 5.74) is 4.75. The number of carbonyl (C=O) groups excluding carboxylic acids is 5. The number of hydrazine groups is 1.